The van der Waals surface area contributed by atoms with Crippen LogP contribution in [0.1, 0.15) is 18.5 Å². The largest absolute Gasteiger partial charge is 0.489 e. The van der Waals surface area contributed by atoms with E-state index >= 15 is 0 Å². The molecule has 2 rings (SSSR count). The summed E-state index contributed by atoms with van der Waals surface area (Å²) < 4.78 is 5.53. The SMILES string of the molecule is C[C@@H]([NH2+]C[C@H](O)COc1ccc(Cl)cc1Cl)c1ccccc1. The van der Waals surface area contributed by atoms with Gasteiger partial charge in [-0.2, -0.15) is 0 Å². The number of hydrogen-bond donors (Lipinski definition) is 2. The number of halogens is 2. The molecule has 5 heteroatoms. The van der Waals surface area contributed by atoms with Crippen molar-refractivity contribution in [2.45, 2.75) is 19.1 Å². The first-order valence-corrected chi connectivity index (χ1v) is 7.96. The molecular weight excluding hydrogens is 321 g/mol. The van der Waals surface area contributed by atoms with E-state index in [1.165, 1.54) is 5.56 Å². The van der Waals surface area contributed by atoms with Crippen LogP contribution >= 0.6 is 23.2 Å². The minimum absolute atomic E-state index is 0.194. The van der Waals surface area contributed by atoms with Gasteiger partial charge in [0.15, 0.2) is 0 Å². The highest BCUT2D eigenvalue weighted by Gasteiger charge is 2.13. The van der Waals surface area contributed by atoms with Gasteiger partial charge in [0.2, 0.25) is 0 Å². The van der Waals surface area contributed by atoms with E-state index in [4.69, 9.17) is 27.9 Å². The molecule has 0 unspecified atom stereocenters. The van der Waals surface area contributed by atoms with Gasteiger partial charge in [0.05, 0.1) is 5.02 Å². The van der Waals surface area contributed by atoms with Crippen molar-refractivity contribution in [2.24, 2.45) is 0 Å². The van der Waals surface area contributed by atoms with Gasteiger partial charge in [0.25, 0.3) is 0 Å². The van der Waals surface area contributed by atoms with Gasteiger partial charge in [-0.15, -0.1) is 0 Å². The fraction of sp³-hybridized carbons (Fsp3) is 0.294. The average Bonchev–Trinajstić information content (AvgIpc) is 2.52. The number of hydrogen-bond acceptors (Lipinski definition) is 2. The maximum absolute atomic E-state index is 10.0. The molecule has 3 nitrogen and oxygen atoms in total. The topological polar surface area (TPSA) is 46.1 Å². The Labute approximate surface area is 140 Å². The highest BCUT2D eigenvalue weighted by atomic mass is 35.5. The zero-order valence-corrected chi connectivity index (χ0v) is 13.9. The smallest absolute Gasteiger partial charge is 0.138 e. The Balaban J connectivity index is 1.77. The van der Waals surface area contributed by atoms with Crippen LogP contribution in [0.15, 0.2) is 48.5 Å². The van der Waals surface area contributed by atoms with E-state index in [0.717, 1.165) is 0 Å². The first-order chi connectivity index (χ1) is 10.6. The molecule has 0 aliphatic carbocycles. The van der Waals surface area contributed by atoms with Crippen LogP contribution in [0.4, 0.5) is 0 Å². The molecule has 0 bridgehead atoms. The minimum Gasteiger partial charge on any atom is -0.489 e. The van der Waals surface area contributed by atoms with Gasteiger partial charge in [-0.1, -0.05) is 53.5 Å². The molecule has 22 heavy (non-hydrogen) atoms. The standard InChI is InChI=1S/C17H19Cl2NO2/c1-12(13-5-3-2-4-6-13)20-10-15(21)11-22-17-8-7-14(18)9-16(17)19/h2-9,12,15,20-21H,10-11H2,1H3/p+1/t12-,15+/m1/s1. The normalized spacial score (nSPS) is 13.6. The summed E-state index contributed by atoms with van der Waals surface area (Å²) in [6, 6.07) is 15.5. The molecule has 0 amide bonds. The van der Waals surface area contributed by atoms with Gasteiger partial charge in [0, 0.05) is 10.6 Å². The Bertz CT molecular complexity index is 592. The second-order valence-corrected chi connectivity index (χ2v) is 6.05. The molecule has 0 aromatic heterocycles. The molecule has 0 fully saturated rings. The molecule has 0 saturated heterocycles. The number of benzene rings is 2. The Kier molecular flexibility index (Phi) is 6.52. The molecule has 0 aliphatic rings. The lowest BCUT2D eigenvalue weighted by molar-refractivity contribution is -0.698. The second-order valence-electron chi connectivity index (χ2n) is 5.21. The third-order valence-corrected chi connectivity index (χ3v) is 3.94. The van der Waals surface area contributed by atoms with E-state index < -0.39 is 6.10 Å². The van der Waals surface area contributed by atoms with Crippen LogP contribution in [0.3, 0.4) is 0 Å². The first kappa shape index (κ1) is 17.1. The van der Waals surface area contributed by atoms with Crippen LogP contribution in [-0.4, -0.2) is 24.4 Å². The zero-order valence-electron chi connectivity index (χ0n) is 12.4. The van der Waals surface area contributed by atoms with E-state index in [1.807, 2.05) is 18.2 Å². The third-order valence-electron chi connectivity index (χ3n) is 3.41. The lowest BCUT2D eigenvalue weighted by Gasteiger charge is -2.15. The lowest BCUT2D eigenvalue weighted by Crippen LogP contribution is -2.87. The van der Waals surface area contributed by atoms with Crippen molar-refractivity contribution in [2.75, 3.05) is 13.2 Å². The summed E-state index contributed by atoms with van der Waals surface area (Å²) >= 11 is 11.8. The van der Waals surface area contributed by atoms with Crippen LogP contribution in [0, 0.1) is 0 Å². The average molecular weight is 341 g/mol. The summed E-state index contributed by atoms with van der Waals surface area (Å²) in [7, 11) is 0. The highest BCUT2D eigenvalue weighted by Crippen LogP contribution is 2.27. The number of nitrogens with two attached hydrogens (primary N) is 1. The van der Waals surface area contributed by atoms with Crippen molar-refractivity contribution in [1.82, 2.24) is 0 Å². The van der Waals surface area contributed by atoms with Crippen LogP contribution in [0.5, 0.6) is 5.75 Å². The van der Waals surface area contributed by atoms with E-state index in [1.54, 1.807) is 18.2 Å². The highest BCUT2D eigenvalue weighted by molar-refractivity contribution is 6.35. The molecule has 2 aromatic carbocycles. The number of aliphatic hydroxyl groups is 1. The first-order valence-electron chi connectivity index (χ1n) is 7.20. The van der Waals surface area contributed by atoms with Gasteiger partial charge in [-0.3, -0.25) is 0 Å². The molecule has 0 aliphatic heterocycles. The summed E-state index contributed by atoms with van der Waals surface area (Å²) in [6.07, 6.45) is -0.571. The fourth-order valence-electron chi connectivity index (χ4n) is 2.10. The molecular formula is C17H20Cl2NO2+. The van der Waals surface area contributed by atoms with E-state index in [0.29, 0.717) is 22.3 Å². The van der Waals surface area contributed by atoms with Crippen molar-refractivity contribution >= 4 is 23.2 Å². The maximum atomic E-state index is 10.0. The van der Waals surface area contributed by atoms with Gasteiger partial charge in [-0.05, 0) is 25.1 Å². The quantitative estimate of drug-likeness (QED) is 0.813. The monoisotopic (exact) mass is 340 g/mol. The molecule has 0 radical (unpaired) electrons. The maximum Gasteiger partial charge on any atom is 0.138 e. The van der Waals surface area contributed by atoms with Crippen molar-refractivity contribution in [3.63, 3.8) is 0 Å². The number of quaternary nitrogens is 1. The molecule has 2 aromatic rings. The van der Waals surface area contributed by atoms with E-state index in [2.05, 4.69) is 24.4 Å². The summed E-state index contributed by atoms with van der Waals surface area (Å²) in [4.78, 5) is 0. The Hall–Kier alpha value is -1.26. The van der Waals surface area contributed by atoms with Gasteiger partial charge >= 0.3 is 0 Å². The van der Waals surface area contributed by atoms with Gasteiger partial charge < -0.3 is 15.2 Å². The number of ether oxygens (including phenoxy) is 1. The van der Waals surface area contributed by atoms with Gasteiger partial charge in [0.1, 0.15) is 31.0 Å². The van der Waals surface area contributed by atoms with Gasteiger partial charge in [-0.25, -0.2) is 0 Å². The van der Waals surface area contributed by atoms with Crippen LogP contribution in [0.2, 0.25) is 10.0 Å². The zero-order chi connectivity index (χ0) is 15.9. The summed E-state index contributed by atoms with van der Waals surface area (Å²) in [5.74, 6) is 0.529. The molecule has 3 N–H and O–H groups in total. The van der Waals surface area contributed by atoms with Crippen LogP contribution in [-0.2, 0) is 0 Å². The minimum atomic E-state index is -0.571. The summed E-state index contributed by atoms with van der Waals surface area (Å²) in [6.45, 7) is 2.86. The summed E-state index contributed by atoms with van der Waals surface area (Å²) in [5.41, 5.74) is 1.23. The second kappa shape index (κ2) is 8.39. The van der Waals surface area contributed by atoms with Crippen molar-refractivity contribution in [3.05, 3.63) is 64.1 Å². The van der Waals surface area contributed by atoms with E-state index in [-0.39, 0.29) is 12.6 Å². The van der Waals surface area contributed by atoms with Crippen LogP contribution in [0.25, 0.3) is 0 Å². The van der Waals surface area contributed by atoms with E-state index in [9.17, 15) is 5.11 Å². The molecule has 0 heterocycles. The van der Waals surface area contributed by atoms with Crippen molar-refractivity contribution in [3.8, 4) is 5.75 Å². The molecule has 118 valence electrons. The molecule has 0 saturated carbocycles. The lowest BCUT2D eigenvalue weighted by atomic mass is 10.1. The Morgan fingerprint density at radius 2 is 1.86 bits per heavy atom. The van der Waals surface area contributed by atoms with Crippen molar-refractivity contribution in [1.29, 1.82) is 0 Å². The number of aliphatic hydroxyl groups excluding tert-OH is 1. The summed E-state index contributed by atoms with van der Waals surface area (Å²) in [5, 5.41) is 13.1. The fourth-order valence-corrected chi connectivity index (χ4v) is 2.56. The van der Waals surface area contributed by atoms with Crippen molar-refractivity contribution < 1.29 is 15.2 Å². The molecule has 2 atom stereocenters. The predicted octanol–water partition coefficient (Wildman–Crippen LogP) is 3.06. The Morgan fingerprint density at radius 1 is 1.14 bits per heavy atom. The molecule has 0 spiro atoms. The van der Waals surface area contributed by atoms with Crippen LogP contribution < -0.4 is 10.1 Å². The third kappa shape index (κ3) is 5.18. The Morgan fingerprint density at radius 3 is 2.55 bits per heavy atom. The number of rotatable bonds is 7. The predicted molar refractivity (Wildman–Crippen MR) is 89.6 cm³/mol.